The Balaban J connectivity index is 2.67. The van der Waals surface area contributed by atoms with Gasteiger partial charge in [-0.05, 0) is 38.5 Å². The van der Waals surface area contributed by atoms with Crippen molar-refractivity contribution in [1.82, 2.24) is 4.98 Å². The lowest BCUT2D eigenvalue weighted by Gasteiger charge is -2.03. The number of H-pyrrole nitrogens is 1. The molecule has 0 atom stereocenters. The molecule has 0 aliphatic rings. The molecular weight excluding hydrogens is 214 g/mol. The average molecular weight is 227 g/mol. The minimum Gasteiger partial charge on any atom is -0.461 e. The highest BCUT2D eigenvalue weighted by molar-refractivity contribution is 6.04. The van der Waals surface area contributed by atoms with Crippen LogP contribution in [0.2, 0.25) is 0 Å². The molecule has 2 heterocycles. The van der Waals surface area contributed by atoms with Gasteiger partial charge in [0.25, 0.3) is 0 Å². The second kappa shape index (κ2) is 3.23. The molecule has 1 aromatic carbocycles. The molecule has 0 saturated carbocycles. The van der Waals surface area contributed by atoms with Gasteiger partial charge in [-0.3, -0.25) is 4.79 Å². The summed E-state index contributed by atoms with van der Waals surface area (Å²) in [7, 11) is 0. The van der Waals surface area contributed by atoms with Crippen molar-refractivity contribution >= 4 is 21.9 Å². The van der Waals surface area contributed by atoms with E-state index in [9.17, 15) is 4.79 Å². The van der Waals surface area contributed by atoms with Gasteiger partial charge in [0, 0.05) is 22.5 Å². The number of aromatic amines is 1. The summed E-state index contributed by atoms with van der Waals surface area (Å²) in [5, 5.41) is 1.71. The van der Waals surface area contributed by atoms with Gasteiger partial charge in [0.15, 0.2) is 5.43 Å². The number of aryl methyl sites for hydroxylation is 3. The highest BCUT2D eigenvalue weighted by atomic mass is 16.3. The Bertz CT molecular complexity index is 793. The first-order valence-corrected chi connectivity index (χ1v) is 5.59. The number of fused-ring (bicyclic) bond motifs is 3. The lowest BCUT2D eigenvalue weighted by Crippen LogP contribution is -2.03. The highest BCUT2D eigenvalue weighted by Crippen LogP contribution is 2.28. The number of benzene rings is 1. The molecular formula is C14H13NO2. The molecule has 0 spiro atoms. The summed E-state index contributed by atoms with van der Waals surface area (Å²) >= 11 is 0. The van der Waals surface area contributed by atoms with Crippen LogP contribution in [0.3, 0.4) is 0 Å². The van der Waals surface area contributed by atoms with E-state index in [1.807, 2.05) is 32.9 Å². The van der Waals surface area contributed by atoms with Crippen LogP contribution in [0, 0.1) is 20.8 Å². The van der Waals surface area contributed by atoms with Crippen molar-refractivity contribution in [1.29, 1.82) is 0 Å². The summed E-state index contributed by atoms with van der Waals surface area (Å²) in [4.78, 5) is 15.2. The Morgan fingerprint density at radius 3 is 2.59 bits per heavy atom. The zero-order chi connectivity index (χ0) is 12.2. The molecule has 0 aliphatic heterocycles. The molecule has 0 aliphatic carbocycles. The van der Waals surface area contributed by atoms with E-state index in [1.165, 1.54) is 0 Å². The standard InChI is InChI=1S/C14H13NO2/c1-7-4-10-12(16)5-8(2)15-13(10)11-6-9(3)17-14(7)11/h4-6H,1-3H3,(H,15,16). The Kier molecular flexibility index (Phi) is 1.93. The van der Waals surface area contributed by atoms with Gasteiger partial charge in [0.1, 0.15) is 11.3 Å². The van der Waals surface area contributed by atoms with Crippen LogP contribution in [0.5, 0.6) is 0 Å². The summed E-state index contributed by atoms with van der Waals surface area (Å²) in [6.45, 7) is 5.77. The number of hydrogen-bond donors (Lipinski definition) is 1. The first-order valence-electron chi connectivity index (χ1n) is 5.59. The van der Waals surface area contributed by atoms with Crippen molar-refractivity contribution in [2.45, 2.75) is 20.8 Å². The van der Waals surface area contributed by atoms with Crippen molar-refractivity contribution in [2.24, 2.45) is 0 Å². The largest absolute Gasteiger partial charge is 0.461 e. The summed E-state index contributed by atoms with van der Waals surface area (Å²) in [6, 6.07) is 5.49. The van der Waals surface area contributed by atoms with Crippen LogP contribution in [0.1, 0.15) is 17.0 Å². The number of furan rings is 1. The zero-order valence-corrected chi connectivity index (χ0v) is 10.0. The predicted molar refractivity (Wildman–Crippen MR) is 68.6 cm³/mol. The van der Waals surface area contributed by atoms with E-state index in [0.717, 1.165) is 38.9 Å². The van der Waals surface area contributed by atoms with Crippen LogP contribution in [0.15, 0.2) is 27.4 Å². The molecule has 0 saturated heterocycles. The van der Waals surface area contributed by atoms with Gasteiger partial charge in [0.2, 0.25) is 0 Å². The second-order valence-corrected chi connectivity index (χ2v) is 4.53. The average Bonchev–Trinajstić information content (AvgIpc) is 2.63. The van der Waals surface area contributed by atoms with Crippen LogP contribution in [-0.2, 0) is 0 Å². The smallest absolute Gasteiger partial charge is 0.189 e. The van der Waals surface area contributed by atoms with Crippen LogP contribution in [0.4, 0.5) is 0 Å². The minimum absolute atomic E-state index is 0.0557. The van der Waals surface area contributed by atoms with E-state index in [4.69, 9.17) is 4.42 Å². The fraction of sp³-hybridized carbons (Fsp3) is 0.214. The fourth-order valence-electron chi connectivity index (χ4n) is 2.33. The van der Waals surface area contributed by atoms with Crippen LogP contribution < -0.4 is 5.43 Å². The molecule has 86 valence electrons. The third kappa shape index (κ3) is 1.39. The fourth-order valence-corrected chi connectivity index (χ4v) is 2.33. The van der Waals surface area contributed by atoms with Crippen molar-refractivity contribution in [3.05, 3.63) is 45.4 Å². The van der Waals surface area contributed by atoms with Crippen molar-refractivity contribution < 1.29 is 4.42 Å². The molecule has 0 fully saturated rings. The van der Waals surface area contributed by atoms with Crippen LogP contribution in [-0.4, -0.2) is 4.98 Å². The maximum Gasteiger partial charge on any atom is 0.189 e. The van der Waals surface area contributed by atoms with Crippen molar-refractivity contribution in [3.63, 3.8) is 0 Å². The monoisotopic (exact) mass is 227 g/mol. The van der Waals surface area contributed by atoms with Crippen LogP contribution >= 0.6 is 0 Å². The van der Waals surface area contributed by atoms with E-state index >= 15 is 0 Å². The third-order valence-electron chi connectivity index (χ3n) is 3.05. The molecule has 17 heavy (non-hydrogen) atoms. The Morgan fingerprint density at radius 1 is 1.06 bits per heavy atom. The molecule has 0 unspecified atom stereocenters. The number of aromatic nitrogens is 1. The summed E-state index contributed by atoms with van der Waals surface area (Å²) in [6.07, 6.45) is 0. The zero-order valence-electron chi connectivity index (χ0n) is 10.0. The Morgan fingerprint density at radius 2 is 1.82 bits per heavy atom. The lowest BCUT2D eigenvalue weighted by atomic mass is 10.1. The summed E-state index contributed by atoms with van der Waals surface area (Å²) in [5.41, 5.74) is 3.64. The van der Waals surface area contributed by atoms with Gasteiger partial charge in [0.05, 0.1) is 5.52 Å². The van der Waals surface area contributed by atoms with Gasteiger partial charge < -0.3 is 9.40 Å². The van der Waals surface area contributed by atoms with Crippen LogP contribution in [0.25, 0.3) is 21.9 Å². The van der Waals surface area contributed by atoms with Gasteiger partial charge in [-0.15, -0.1) is 0 Å². The quantitative estimate of drug-likeness (QED) is 0.641. The topological polar surface area (TPSA) is 46.0 Å². The maximum atomic E-state index is 12.0. The molecule has 3 rings (SSSR count). The third-order valence-corrected chi connectivity index (χ3v) is 3.05. The normalized spacial score (nSPS) is 11.5. The van der Waals surface area contributed by atoms with Gasteiger partial charge >= 0.3 is 0 Å². The number of rotatable bonds is 0. The minimum atomic E-state index is 0.0557. The molecule has 0 bridgehead atoms. The van der Waals surface area contributed by atoms with E-state index < -0.39 is 0 Å². The Labute approximate surface area is 98.1 Å². The first-order chi connectivity index (χ1) is 8.06. The molecule has 0 amide bonds. The van der Waals surface area contributed by atoms with Crippen molar-refractivity contribution in [2.75, 3.05) is 0 Å². The van der Waals surface area contributed by atoms with Crippen molar-refractivity contribution in [3.8, 4) is 0 Å². The SMILES string of the molecule is Cc1cc(=O)c2cc(C)c3oc(C)cc3c2[nH]1. The Hall–Kier alpha value is -2.03. The van der Waals surface area contributed by atoms with Gasteiger partial charge in [-0.25, -0.2) is 0 Å². The molecule has 0 radical (unpaired) electrons. The second-order valence-electron chi connectivity index (χ2n) is 4.53. The predicted octanol–water partition coefficient (Wildman–Crippen LogP) is 3.20. The van der Waals surface area contributed by atoms with E-state index in [-0.39, 0.29) is 5.43 Å². The number of nitrogens with one attached hydrogen (secondary N) is 1. The summed E-state index contributed by atoms with van der Waals surface area (Å²) in [5.74, 6) is 0.859. The maximum absolute atomic E-state index is 12.0. The molecule has 2 aromatic heterocycles. The molecule has 3 heteroatoms. The molecule has 1 N–H and O–H groups in total. The van der Waals surface area contributed by atoms with E-state index in [2.05, 4.69) is 4.98 Å². The molecule has 3 nitrogen and oxygen atoms in total. The molecule has 3 aromatic rings. The van der Waals surface area contributed by atoms with Gasteiger partial charge in [-0.1, -0.05) is 0 Å². The van der Waals surface area contributed by atoms with E-state index in [1.54, 1.807) is 6.07 Å². The summed E-state index contributed by atoms with van der Waals surface area (Å²) < 4.78 is 5.66. The van der Waals surface area contributed by atoms with Gasteiger partial charge in [-0.2, -0.15) is 0 Å². The number of hydrogen-bond acceptors (Lipinski definition) is 2. The first kappa shape index (κ1) is 10.1. The highest BCUT2D eigenvalue weighted by Gasteiger charge is 2.11. The van der Waals surface area contributed by atoms with E-state index in [0.29, 0.717) is 0 Å². The number of pyridine rings is 1. The lowest BCUT2D eigenvalue weighted by molar-refractivity contribution is 0.576.